The molecule has 1 amide bonds. The molecule has 10 heteroatoms. The van der Waals surface area contributed by atoms with Crippen LogP contribution in [-0.2, 0) is 4.79 Å². The van der Waals surface area contributed by atoms with Gasteiger partial charge in [-0.05, 0) is 38.7 Å². The van der Waals surface area contributed by atoms with Gasteiger partial charge in [0.1, 0.15) is 5.01 Å². The highest BCUT2D eigenvalue weighted by atomic mass is 32.2. The number of nitrogens with one attached hydrogen (secondary N) is 1. The van der Waals surface area contributed by atoms with E-state index in [1.54, 1.807) is 11.3 Å². The highest BCUT2D eigenvalue weighted by Gasteiger charge is 2.22. The molecule has 1 N–H and O–H groups in total. The summed E-state index contributed by atoms with van der Waals surface area (Å²) in [4.78, 5) is 13.9. The smallest absolute Gasteiger partial charge is 0.236 e. The van der Waals surface area contributed by atoms with Crippen LogP contribution in [0.5, 0.6) is 0 Å². The van der Waals surface area contributed by atoms with Crippen LogP contribution in [-0.4, -0.2) is 36.6 Å². The Kier molecular flexibility index (Phi) is 7.63. The van der Waals surface area contributed by atoms with Gasteiger partial charge in [-0.1, -0.05) is 56.2 Å². The molecule has 0 unspecified atom stereocenters. The number of hydrogen-bond donors (Lipinski definition) is 1. The van der Waals surface area contributed by atoms with Crippen molar-refractivity contribution in [3.05, 3.63) is 21.3 Å². The summed E-state index contributed by atoms with van der Waals surface area (Å²) >= 11 is 4.66. The van der Waals surface area contributed by atoms with Crippen LogP contribution in [0.3, 0.4) is 0 Å². The van der Waals surface area contributed by atoms with Crippen LogP contribution >= 0.6 is 34.4 Å². The Bertz CT molecular complexity index is 1050. The van der Waals surface area contributed by atoms with E-state index in [0.717, 1.165) is 21.6 Å². The molecular weight excluding hydrogens is 460 g/mol. The SMILES string of the molecule is CC(C)c1cc(-c2nnc(SCC(=O)Nc3nnc(C4CCCCC4)s3)n2C(C)C)cs1. The van der Waals surface area contributed by atoms with Gasteiger partial charge < -0.3 is 0 Å². The lowest BCUT2D eigenvalue weighted by Crippen LogP contribution is -2.15. The monoisotopic (exact) mass is 490 g/mol. The van der Waals surface area contributed by atoms with Crippen molar-refractivity contribution >= 4 is 45.5 Å². The van der Waals surface area contributed by atoms with E-state index in [0.29, 0.717) is 17.0 Å². The summed E-state index contributed by atoms with van der Waals surface area (Å²) in [6, 6.07) is 2.38. The van der Waals surface area contributed by atoms with Crippen LogP contribution in [0, 0.1) is 0 Å². The Hall–Kier alpha value is -1.78. The topological polar surface area (TPSA) is 85.6 Å². The van der Waals surface area contributed by atoms with Crippen molar-refractivity contribution in [2.24, 2.45) is 0 Å². The van der Waals surface area contributed by atoms with Crippen molar-refractivity contribution in [2.45, 2.75) is 82.8 Å². The molecule has 7 nitrogen and oxygen atoms in total. The van der Waals surface area contributed by atoms with Gasteiger partial charge in [0.2, 0.25) is 11.0 Å². The minimum absolute atomic E-state index is 0.0983. The van der Waals surface area contributed by atoms with Crippen LogP contribution in [0.4, 0.5) is 5.13 Å². The van der Waals surface area contributed by atoms with Gasteiger partial charge >= 0.3 is 0 Å². The third-order valence-electron chi connectivity index (χ3n) is 5.60. The molecule has 3 aromatic rings. The van der Waals surface area contributed by atoms with Crippen molar-refractivity contribution in [1.29, 1.82) is 0 Å². The summed E-state index contributed by atoms with van der Waals surface area (Å²) in [6.45, 7) is 8.61. The number of carbonyl (C=O) groups is 1. The van der Waals surface area contributed by atoms with E-state index in [1.807, 2.05) is 0 Å². The van der Waals surface area contributed by atoms with Crippen LogP contribution < -0.4 is 5.32 Å². The Morgan fingerprint density at radius 2 is 1.94 bits per heavy atom. The molecule has 172 valence electrons. The summed E-state index contributed by atoms with van der Waals surface area (Å²) in [7, 11) is 0. The van der Waals surface area contributed by atoms with Gasteiger partial charge in [-0.25, -0.2) is 0 Å². The molecule has 1 aliphatic rings. The summed E-state index contributed by atoms with van der Waals surface area (Å²) < 4.78 is 2.11. The normalized spacial score (nSPS) is 15.1. The molecule has 4 rings (SSSR count). The Morgan fingerprint density at radius 1 is 1.16 bits per heavy atom. The van der Waals surface area contributed by atoms with Gasteiger partial charge in [0.05, 0.1) is 5.75 Å². The first-order chi connectivity index (χ1) is 15.4. The molecule has 1 aliphatic carbocycles. The number of nitrogens with zero attached hydrogens (tertiary/aromatic N) is 5. The second-order valence-electron chi connectivity index (χ2n) is 8.78. The van der Waals surface area contributed by atoms with Gasteiger partial charge in [-0.3, -0.25) is 14.7 Å². The fourth-order valence-corrected chi connectivity index (χ4v) is 6.60. The van der Waals surface area contributed by atoms with Crippen LogP contribution in [0.2, 0.25) is 0 Å². The number of thiophene rings is 1. The Labute approximate surface area is 201 Å². The third-order valence-corrected chi connectivity index (χ3v) is 8.78. The number of amides is 1. The van der Waals surface area contributed by atoms with Crippen LogP contribution in [0.15, 0.2) is 16.6 Å². The van der Waals surface area contributed by atoms with E-state index in [9.17, 15) is 4.79 Å². The van der Waals surface area contributed by atoms with E-state index in [4.69, 9.17) is 0 Å². The number of thioether (sulfide) groups is 1. The molecule has 0 aromatic carbocycles. The molecule has 1 saturated carbocycles. The maximum absolute atomic E-state index is 12.6. The first-order valence-electron chi connectivity index (χ1n) is 11.2. The first kappa shape index (κ1) is 23.4. The van der Waals surface area contributed by atoms with Gasteiger partial charge in [-0.15, -0.1) is 31.7 Å². The molecule has 3 aromatic heterocycles. The predicted molar refractivity (Wildman–Crippen MR) is 133 cm³/mol. The first-order valence-corrected chi connectivity index (χ1v) is 13.9. The lowest BCUT2D eigenvalue weighted by molar-refractivity contribution is -0.113. The number of hydrogen-bond acceptors (Lipinski definition) is 8. The maximum Gasteiger partial charge on any atom is 0.236 e. The molecule has 3 heterocycles. The number of aromatic nitrogens is 5. The lowest BCUT2D eigenvalue weighted by atomic mass is 9.90. The van der Waals surface area contributed by atoms with Crippen molar-refractivity contribution < 1.29 is 4.79 Å². The van der Waals surface area contributed by atoms with Crippen molar-refractivity contribution in [3.63, 3.8) is 0 Å². The zero-order chi connectivity index (χ0) is 22.7. The molecule has 0 radical (unpaired) electrons. The summed E-state index contributed by atoms with van der Waals surface area (Å²) in [5.74, 6) is 1.99. The molecule has 1 fully saturated rings. The van der Waals surface area contributed by atoms with Crippen LogP contribution in [0.1, 0.15) is 87.6 Å². The average Bonchev–Trinajstić information content (AvgIpc) is 3.51. The maximum atomic E-state index is 12.6. The summed E-state index contributed by atoms with van der Waals surface area (Å²) in [5.41, 5.74) is 1.08. The second kappa shape index (κ2) is 10.4. The Morgan fingerprint density at radius 3 is 2.62 bits per heavy atom. The van der Waals surface area contributed by atoms with E-state index in [-0.39, 0.29) is 17.7 Å². The van der Waals surface area contributed by atoms with Crippen molar-refractivity contribution in [1.82, 2.24) is 25.0 Å². The largest absolute Gasteiger partial charge is 0.300 e. The average molecular weight is 491 g/mol. The van der Waals surface area contributed by atoms with E-state index in [2.05, 4.69) is 69.4 Å². The minimum Gasteiger partial charge on any atom is -0.300 e. The second-order valence-corrected chi connectivity index (χ2v) is 11.7. The quantitative estimate of drug-likeness (QED) is 0.371. The molecule has 32 heavy (non-hydrogen) atoms. The number of rotatable bonds is 8. The summed E-state index contributed by atoms with van der Waals surface area (Å²) in [6.07, 6.45) is 6.17. The lowest BCUT2D eigenvalue weighted by Gasteiger charge is -2.18. The molecular formula is C22H30N6OS3. The van der Waals surface area contributed by atoms with E-state index >= 15 is 0 Å². The highest BCUT2D eigenvalue weighted by Crippen LogP contribution is 2.35. The van der Waals surface area contributed by atoms with Crippen molar-refractivity contribution in [3.8, 4) is 11.4 Å². The fourth-order valence-electron chi connectivity index (χ4n) is 3.90. The van der Waals surface area contributed by atoms with Gasteiger partial charge in [0.15, 0.2) is 11.0 Å². The number of anilines is 1. The minimum atomic E-state index is -0.0983. The predicted octanol–water partition coefficient (Wildman–Crippen LogP) is 6.34. The third kappa shape index (κ3) is 5.40. The molecule has 0 saturated heterocycles. The standard InChI is InChI=1S/C22H30N6OS3/c1-13(2)17-10-16(11-30-17)19-24-27-22(28(19)14(3)4)31-12-18(29)23-21-26-25-20(32-21)15-8-6-5-7-9-15/h10-11,13-15H,5-9,12H2,1-4H3,(H,23,26,29). The zero-order valence-corrected chi connectivity index (χ0v) is 21.4. The van der Waals surface area contributed by atoms with E-state index in [1.165, 1.54) is 60.1 Å². The highest BCUT2D eigenvalue weighted by molar-refractivity contribution is 7.99. The molecule has 0 aliphatic heterocycles. The molecule has 0 bridgehead atoms. The molecule has 0 spiro atoms. The van der Waals surface area contributed by atoms with Gasteiger partial charge in [0, 0.05) is 27.8 Å². The van der Waals surface area contributed by atoms with E-state index < -0.39 is 0 Å². The number of carbonyl (C=O) groups excluding carboxylic acids is 1. The van der Waals surface area contributed by atoms with Gasteiger partial charge in [0.25, 0.3) is 0 Å². The zero-order valence-electron chi connectivity index (χ0n) is 19.0. The van der Waals surface area contributed by atoms with Crippen LogP contribution in [0.25, 0.3) is 11.4 Å². The van der Waals surface area contributed by atoms with Gasteiger partial charge in [-0.2, -0.15) is 0 Å². The summed E-state index contributed by atoms with van der Waals surface area (Å²) in [5, 5.41) is 24.8. The Balaban J connectivity index is 1.39. The van der Waals surface area contributed by atoms with Crippen molar-refractivity contribution in [2.75, 3.05) is 11.1 Å². The fraction of sp³-hybridized carbons (Fsp3) is 0.591. The molecule has 0 atom stereocenters.